The molecule has 1 unspecified atom stereocenters. The maximum Gasteiger partial charge on any atom is 0.273 e. The molecule has 0 aliphatic rings. The van der Waals surface area contributed by atoms with Crippen molar-refractivity contribution in [2.75, 3.05) is 0 Å². The van der Waals surface area contributed by atoms with Gasteiger partial charge in [0, 0.05) is 0 Å². The summed E-state index contributed by atoms with van der Waals surface area (Å²) < 4.78 is 5.13. The van der Waals surface area contributed by atoms with Crippen molar-refractivity contribution in [3.63, 3.8) is 0 Å². The highest BCUT2D eigenvalue weighted by Gasteiger charge is 2.00. The van der Waals surface area contributed by atoms with E-state index >= 15 is 0 Å². The minimum atomic E-state index is -0.0648. The zero-order chi connectivity index (χ0) is 9.56. The summed E-state index contributed by atoms with van der Waals surface area (Å²) >= 11 is 0. The third-order valence-electron chi connectivity index (χ3n) is 1.25. The standard InChI is InChI=1S/C10H18O2/c1-5-6-9(4)12-10(11)7-8(2)3/h5-9,11H,1-4H3. The molecular weight excluding hydrogens is 152 g/mol. The fourth-order valence-corrected chi connectivity index (χ4v) is 0.825. The number of hydrogen-bond donors (Lipinski definition) is 1. The van der Waals surface area contributed by atoms with Crippen molar-refractivity contribution in [2.45, 2.75) is 33.8 Å². The smallest absolute Gasteiger partial charge is 0.273 e. The fourth-order valence-electron chi connectivity index (χ4n) is 0.825. The van der Waals surface area contributed by atoms with Gasteiger partial charge in [0.25, 0.3) is 5.95 Å². The van der Waals surface area contributed by atoms with Gasteiger partial charge in [-0.05, 0) is 31.9 Å². The van der Waals surface area contributed by atoms with E-state index in [-0.39, 0.29) is 12.0 Å². The molecule has 12 heavy (non-hydrogen) atoms. The van der Waals surface area contributed by atoms with Crippen LogP contribution in [0.5, 0.6) is 0 Å². The first-order valence-corrected chi connectivity index (χ1v) is 4.26. The molecule has 0 amide bonds. The number of rotatable bonds is 4. The van der Waals surface area contributed by atoms with Gasteiger partial charge >= 0.3 is 0 Å². The monoisotopic (exact) mass is 170 g/mol. The Balaban J connectivity index is 3.91. The van der Waals surface area contributed by atoms with Gasteiger partial charge in [0.1, 0.15) is 6.10 Å². The lowest BCUT2D eigenvalue weighted by atomic mass is 10.2. The summed E-state index contributed by atoms with van der Waals surface area (Å²) in [5, 5.41) is 9.22. The van der Waals surface area contributed by atoms with Crippen LogP contribution in [-0.2, 0) is 4.74 Å². The topological polar surface area (TPSA) is 29.5 Å². The third kappa shape index (κ3) is 5.83. The minimum absolute atomic E-state index is 0.00981. The third-order valence-corrected chi connectivity index (χ3v) is 1.25. The molecule has 0 rings (SSSR count). The average Bonchev–Trinajstić information content (AvgIpc) is 1.84. The highest BCUT2D eigenvalue weighted by Crippen LogP contribution is 2.04. The predicted molar refractivity (Wildman–Crippen MR) is 50.9 cm³/mol. The van der Waals surface area contributed by atoms with Crippen LogP contribution in [0.1, 0.15) is 27.7 Å². The van der Waals surface area contributed by atoms with Crippen LogP contribution in [0.2, 0.25) is 0 Å². The van der Waals surface area contributed by atoms with Gasteiger partial charge < -0.3 is 9.84 Å². The van der Waals surface area contributed by atoms with Crippen LogP contribution in [0.15, 0.2) is 24.2 Å². The number of hydrogen-bond acceptors (Lipinski definition) is 2. The van der Waals surface area contributed by atoms with Crippen molar-refractivity contribution in [3.8, 4) is 0 Å². The van der Waals surface area contributed by atoms with E-state index < -0.39 is 0 Å². The summed E-state index contributed by atoms with van der Waals surface area (Å²) in [4.78, 5) is 0. The molecule has 70 valence electrons. The molecule has 1 atom stereocenters. The van der Waals surface area contributed by atoms with Crippen LogP contribution in [0.25, 0.3) is 0 Å². The number of ether oxygens (including phenoxy) is 1. The maximum absolute atomic E-state index is 9.22. The minimum Gasteiger partial charge on any atom is -0.481 e. The van der Waals surface area contributed by atoms with Crippen LogP contribution in [0.3, 0.4) is 0 Å². The Morgan fingerprint density at radius 3 is 2.33 bits per heavy atom. The summed E-state index contributed by atoms with van der Waals surface area (Å²) in [6.07, 6.45) is 5.39. The first-order chi connectivity index (χ1) is 5.56. The predicted octanol–water partition coefficient (Wildman–Crippen LogP) is 3.02. The van der Waals surface area contributed by atoms with Crippen LogP contribution in [0.4, 0.5) is 0 Å². The van der Waals surface area contributed by atoms with Crippen LogP contribution < -0.4 is 0 Å². The first kappa shape index (κ1) is 11.1. The molecule has 0 aliphatic carbocycles. The Bertz CT molecular complexity index is 169. The van der Waals surface area contributed by atoms with E-state index in [1.165, 1.54) is 0 Å². The molecule has 0 fully saturated rings. The molecule has 0 spiro atoms. The van der Waals surface area contributed by atoms with Gasteiger partial charge in [0.15, 0.2) is 0 Å². The van der Waals surface area contributed by atoms with E-state index in [2.05, 4.69) is 0 Å². The summed E-state index contributed by atoms with van der Waals surface area (Å²) in [5.41, 5.74) is 0. The summed E-state index contributed by atoms with van der Waals surface area (Å²) in [7, 11) is 0. The van der Waals surface area contributed by atoms with E-state index in [9.17, 15) is 5.11 Å². The first-order valence-electron chi connectivity index (χ1n) is 4.26. The Morgan fingerprint density at radius 1 is 1.33 bits per heavy atom. The van der Waals surface area contributed by atoms with E-state index in [1.54, 1.807) is 6.08 Å². The van der Waals surface area contributed by atoms with E-state index in [0.29, 0.717) is 5.92 Å². The van der Waals surface area contributed by atoms with Gasteiger partial charge in [-0.1, -0.05) is 19.9 Å². The van der Waals surface area contributed by atoms with Crippen LogP contribution >= 0.6 is 0 Å². The summed E-state index contributed by atoms with van der Waals surface area (Å²) in [6, 6.07) is 0. The highest BCUT2D eigenvalue weighted by molar-refractivity contribution is 4.90. The zero-order valence-electron chi connectivity index (χ0n) is 8.24. The number of aliphatic hydroxyl groups is 1. The molecule has 0 aromatic carbocycles. The Labute approximate surface area is 74.6 Å². The summed E-state index contributed by atoms with van der Waals surface area (Å²) in [5.74, 6) is 0.318. The SMILES string of the molecule is CC=CC(C)OC(O)=CC(C)C. The fraction of sp³-hybridized carbons (Fsp3) is 0.600. The molecule has 0 radical (unpaired) electrons. The Kier molecular flexibility index (Phi) is 5.26. The largest absolute Gasteiger partial charge is 0.481 e. The lowest BCUT2D eigenvalue weighted by Gasteiger charge is -2.09. The van der Waals surface area contributed by atoms with Crippen LogP contribution in [0, 0.1) is 5.92 Å². The lowest BCUT2D eigenvalue weighted by Crippen LogP contribution is -2.04. The molecule has 0 bridgehead atoms. The van der Waals surface area contributed by atoms with Crippen molar-refractivity contribution in [1.29, 1.82) is 0 Å². The second kappa shape index (κ2) is 5.70. The van der Waals surface area contributed by atoms with Gasteiger partial charge in [-0.2, -0.15) is 0 Å². The van der Waals surface area contributed by atoms with Gasteiger partial charge in [0.2, 0.25) is 0 Å². The maximum atomic E-state index is 9.22. The second-order valence-corrected chi connectivity index (χ2v) is 3.10. The summed E-state index contributed by atoms with van der Waals surface area (Å²) in [6.45, 7) is 7.77. The van der Waals surface area contributed by atoms with Crippen molar-refractivity contribution in [1.82, 2.24) is 0 Å². The zero-order valence-corrected chi connectivity index (χ0v) is 8.24. The molecule has 2 nitrogen and oxygen atoms in total. The molecule has 0 saturated carbocycles. The average molecular weight is 170 g/mol. The molecule has 1 N–H and O–H groups in total. The van der Waals surface area contributed by atoms with Crippen molar-refractivity contribution in [3.05, 3.63) is 24.2 Å². The molecule has 2 heteroatoms. The van der Waals surface area contributed by atoms with Crippen LogP contribution in [-0.4, -0.2) is 11.2 Å². The lowest BCUT2D eigenvalue weighted by molar-refractivity contribution is 0.0638. The van der Waals surface area contributed by atoms with Crippen molar-refractivity contribution < 1.29 is 9.84 Å². The van der Waals surface area contributed by atoms with E-state index in [0.717, 1.165) is 0 Å². The van der Waals surface area contributed by atoms with E-state index in [1.807, 2.05) is 39.8 Å². The van der Waals surface area contributed by atoms with Gasteiger partial charge in [-0.3, -0.25) is 0 Å². The Hall–Kier alpha value is -0.920. The molecule has 0 heterocycles. The van der Waals surface area contributed by atoms with Crippen molar-refractivity contribution >= 4 is 0 Å². The van der Waals surface area contributed by atoms with Gasteiger partial charge in [0.05, 0.1) is 0 Å². The normalized spacial score (nSPS) is 15.6. The quantitative estimate of drug-likeness (QED) is 0.519. The van der Waals surface area contributed by atoms with Gasteiger partial charge in [-0.15, -0.1) is 0 Å². The highest BCUT2D eigenvalue weighted by atomic mass is 16.6. The number of aliphatic hydroxyl groups excluding tert-OH is 1. The molecular formula is C10H18O2. The molecule has 0 aliphatic heterocycles. The molecule has 0 aromatic rings. The second-order valence-electron chi connectivity index (χ2n) is 3.10. The molecule has 0 aromatic heterocycles. The van der Waals surface area contributed by atoms with Crippen molar-refractivity contribution in [2.24, 2.45) is 5.92 Å². The Morgan fingerprint density at radius 2 is 1.92 bits per heavy atom. The van der Waals surface area contributed by atoms with E-state index in [4.69, 9.17) is 4.74 Å². The number of allylic oxidation sites excluding steroid dienone is 2. The van der Waals surface area contributed by atoms with Gasteiger partial charge in [-0.25, -0.2) is 0 Å². The molecule has 0 saturated heterocycles.